The van der Waals surface area contributed by atoms with E-state index in [0.29, 0.717) is 0 Å². The molecule has 0 saturated heterocycles. The lowest BCUT2D eigenvalue weighted by atomic mass is 9.88. The van der Waals surface area contributed by atoms with E-state index in [1.807, 2.05) is 6.92 Å². The average Bonchev–Trinajstić information content (AvgIpc) is 2.71. The van der Waals surface area contributed by atoms with E-state index in [1.165, 1.54) is 18.3 Å². The summed E-state index contributed by atoms with van der Waals surface area (Å²) in [4.78, 5) is 22.8. The number of halogens is 1. The Balaban J connectivity index is 1.92. The zero-order chi connectivity index (χ0) is 23.6. The van der Waals surface area contributed by atoms with E-state index in [4.69, 9.17) is 0 Å². The van der Waals surface area contributed by atoms with Crippen LogP contribution < -0.4 is 10.3 Å². The van der Waals surface area contributed by atoms with Gasteiger partial charge in [-0.05, 0) is 51.0 Å². The molecule has 0 fully saturated rings. The van der Waals surface area contributed by atoms with Crippen LogP contribution in [0.5, 0.6) is 0 Å². The summed E-state index contributed by atoms with van der Waals surface area (Å²) < 4.78 is 14.9. The molecule has 1 aliphatic rings. The van der Waals surface area contributed by atoms with Crippen molar-refractivity contribution in [3.05, 3.63) is 73.6 Å². The van der Waals surface area contributed by atoms with Gasteiger partial charge in [0, 0.05) is 29.4 Å². The molecule has 0 aromatic heterocycles. The smallest absolute Gasteiger partial charge is 0.301 e. The van der Waals surface area contributed by atoms with Gasteiger partial charge in [0.15, 0.2) is 0 Å². The second-order valence-corrected chi connectivity index (χ2v) is 8.11. The summed E-state index contributed by atoms with van der Waals surface area (Å²) in [7, 11) is 0. The number of nitro groups is 2. The van der Waals surface area contributed by atoms with Gasteiger partial charge in [0.1, 0.15) is 11.5 Å². The van der Waals surface area contributed by atoms with E-state index >= 15 is 0 Å². The van der Waals surface area contributed by atoms with Gasteiger partial charge in [-0.15, -0.1) is 0 Å². The van der Waals surface area contributed by atoms with E-state index in [1.54, 1.807) is 6.07 Å². The molecule has 10 heteroatoms. The van der Waals surface area contributed by atoms with Crippen LogP contribution in [0, 0.1) is 26.0 Å². The molecule has 0 amide bonds. The highest BCUT2D eigenvalue weighted by Crippen LogP contribution is 2.40. The van der Waals surface area contributed by atoms with Gasteiger partial charge in [-0.25, -0.2) is 4.39 Å². The first-order valence-corrected chi connectivity index (χ1v) is 10.1. The van der Waals surface area contributed by atoms with Crippen LogP contribution in [-0.2, 0) is 0 Å². The van der Waals surface area contributed by atoms with Crippen LogP contribution in [0.15, 0.2) is 41.5 Å². The number of non-ortho nitro benzene ring substituents is 1. The second-order valence-electron chi connectivity index (χ2n) is 8.11. The first-order chi connectivity index (χ1) is 15.0. The molecule has 168 valence electrons. The van der Waals surface area contributed by atoms with Crippen molar-refractivity contribution in [2.24, 2.45) is 5.10 Å². The fourth-order valence-electron chi connectivity index (χ4n) is 3.90. The van der Waals surface area contributed by atoms with E-state index in [0.717, 1.165) is 41.9 Å². The van der Waals surface area contributed by atoms with Gasteiger partial charge >= 0.3 is 5.69 Å². The third-order valence-electron chi connectivity index (χ3n) is 5.32. The Kier molecular flexibility index (Phi) is 6.24. The molecule has 0 saturated carbocycles. The minimum absolute atomic E-state index is 0.0397. The molecule has 32 heavy (non-hydrogen) atoms. The van der Waals surface area contributed by atoms with E-state index in [2.05, 4.69) is 42.3 Å². The molecule has 0 bridgehead atoms. The third kappa shape index (κ3) is 4.43. The Morgan fingerprint density at radius 3 is 2.53 bits per heavy atom. The number of nitro benzene ring substituents is 2. The summed E-state index contributed by atoms with van der Waals surface area (Å²) in [6.07, 6.45) is 4.29. The number of hydrogen-bond acceptors (Lipinski definition) is 7. The summed E-state index contributed by atoms with van der Waals surface area (Å²) >= 11 is 0. The molecule has 3 rings (SSSR count). The normalized spacial score (nSPS) is 14.8. The fraction of sp³-hybridized carbons (Fsp3) is 0.318. The largest absolute Gasteiger partial charge is 0.362 e. The number of rotatable bonds is 7. The Labute approximate surface area is 184 Å². The van der Waals surface area contributed by atoms with Crippen molar-refractivity contribution < 1.29 is 14.2 Å². The number of nitrogens with one attached hydrogen (secondary N) is 1. The summed E-state index contributed by atoms with van der Waals surface area (Å²) in [6, 6.07) is 6.34. The van der Waals surface area contributed by atoms with Gasteiger partial charge in [0.05, 0.1) is 27.7 Å². The quantitative estimate of drug-likeness (QED) is 0.345. The summed E-state index contributed by atoms with van der Waals surface area (Å²) in [5.74, 6) is -0.473. The van der Waals surface area contributed by atoms with Crippen molar-refractivity contribution in [2.75, 3.05) is 16.9 Å². The van der Waals surface area contributed by atoms with Gasteiger partial charge in [0.2, 0.25) is 0 Å². The van der Waals surface area contributed by atoms with Crippen LogP contribution in [0.4, 0.5) is 27.1 Å². The van der Waals surface area contributed by atoms with Gasteiger partial charge in [-0.3, -0.25) is 25.7 Å². The molecule has 0 spiro atoms. The van der Waals surface area contributed by atoms with Crippen LogP contribution in [0.25, 0.3) is 5.57 Å². The molecule has 0 radical (unpaired) electrons. The number of nitrogens with zero attached hydrogens (tertiary/aromatic N) is 4. The maximum atomic E-state index is 14.9. The topological polar surface area (TPSA) is 114 Å². The van der Waals surface area contributed by atoms with Crippen molar-refractivity contribution in [1.29, 1.82) is 0 Å². The third-order valence-corrected chi connectivity index (χ3v) is 5.32. The number of fused-ring (bicyclic) bond motifs is 1. The van der Waals surface area contributed by atoms with E-state index in [9.17, 15) is 24.6 Å². The zero-order valence-electron chi connectivity index (χ0n) is 18.3. The van der Waals surface area contributed by atoms with Gasteiger partial charge in [-0.1, -0.05) is 13.0 Å². The molecule has 2 aromatic carbocycles. The average molecular weight is 441 g/mol. The van der Waals surface area contributed by atoms with E-state index in [-0.39, 0.29) is 16.8 Å². The molecule has 9 nitrogen and oxygen atoms in total. The van der Waals surface area contributed by atoms with Crippen LogP contribution in [0.1, 0.15) is 45.2 Å². The minimum Gasteiger partial charge on any atom is -0.362 e. The SMILES string of the molecule is CCCN1c2cc(F)c(/C=N\Nc3ccc([N+](=O)[O-])cc3[N+](=O)[O-])cc2C(C)=CC1(C)C. The van der Waals surface area contributed by atoms with Crippen LogP contribution in [0.3, 0.4) is 0 Å². The maximum absolute atomic E-state index is 14.9. The predicted molar refractivity (Wildman–Crippen MR) is 123 cm³/mol. The number of hydrogen-bond donors (Lipinski definition) is 1. The first-order valence-electron chi connectivity index (χ1n) is 10.1. The molecule has 1 N–H and O–H groups in total. The Hall–Kier alpha value is -3.82. The lowest BCUT2D eigenvalue weighted by Crippen LogP contribution is -2.45. The molecular weight excluding hydrogens is 417 g/mol. The van der Waals surface area contributed by atoms with Crippen LogP contribution in [-0.4, -0.2) is 28.1 Å². The number of anilines is 2. The highest BCUT2D eigenvalue weighted by atomic mass is 19.1. The van der Waals surface area contributed by atoms with E-state index < -0.39 is 27.0 Å². The molecule has 1 aliphatic heterocycles. The number of benzene rings is 2. The Morgan fingerprint density at radius 1 is 1.19 bits per heavy atom. The summed E-state index contributed by atoms with van der Waals surface area (Å²) in [5.41, 5.74) is 4.22. The fourth-order valence-corrected chi connectivity index (χ4v) is 3.90. The molecule has 1 heterocycles. The minimum atomic E-state index is -0.747. The molecule has 0 atom stereocenters. The summed E-state index contributed by atoms with van der Waals surface area (Å²) in [6.45, 7) is 9.00. The van der Waals surface area contributed by atoms with Crippen molar-refractivity contribution in [2.45, 2.75) is 39.7 Å². The Bertz CT molecular complexity index is 1140. The van der Waals surface area contributed by atoms with Crippen molar-refractivity contribution >= 4 is 34.5 Å². The van der Waals surface area contributed by atoms with Gasteiger partial charge in [-0.2, -0.15) is 5.10 Å². The molecule has 0 unspecified atom stereocenters. The Morgan fingerprint density at radius 2 is 1.91 bits per heavy atom. The van der Waals surface area contributed by atoms with Crippen molar-refractivity contribution in [1.82, 2.24) is 0 Å². The number of hydrazone groups is 1. The highest BCUT2D eigenvalue weighted by Gasteiger charge is 2.31. The number of allylic oxidation sites excluding steroid dienone is 1. The lowest BCUT2D eigenvalue weighted by Gasteiger charge is -2.43. The lowest BCUT2D eigenvalue weighted by molar-refractivity contribution is -0.393. The first kappa shape index (κ1) is 22.9. The van der Waals surface area contributed by atoms with Gasteiger partial charge in [0.25, 0.3) is 5.69 Å². The molecular formula is C22H24FN5O4. The standard InChI is InChI=1S/C22H24FN5O4/c1-5-8-26-20-11-18(23)15(9-17(20)14(2)12-22(26,3)4)13-24-25-19-7-6-16(27(29)30)10-21(19)28(31)32/h6-7,9-13,25H,5,8H2,1-4H3/b24-13-. The maximum Gasteiger partial charge on any atom is 0.301 e. The van der Waals surface area contributed by atoms with Crippen LogP contribution in [0.2, 0.25) is 0 Å². The van der Waals surface area contributed by atoms with Gasteiger partial charge < -0.3 is 4.90 Å². The zero-order valence-corrected chi connectivity index (χ0v) is 18.3. The van der Waals surface area contributed by atoms with Crippen molar-refractivity contribution in [3.8, 4) is 0 Å². The van der Waals surface area contributed by atoms with Crippen LogP contribution >= 0.6 is 0 Å². The van der Waals surface area contributed by atoms with Crippen molar-refractivity contribution in [3.63, 3.8) is 0 Å². The molecule has 0 aliphatic carbocycles. The highest BCUT2D eigenvalue weighted by molar-refractivity contribution is 5.88. The monoisotopic (exact) mass is 441 g/mol. The second kappa shape index (κ2) is 8.74. The predicted octanol–water partition coefficient (Wildman–Crippen LogP) is 5.50. The summed E-state index contributed by atoms with van der Waals surface area (Å²) in [5, 5.41) is 26.0. The molecule has 2 aromatic rings.